The lowest BCUT2D eigenvalue weighted by molar-refractivity contribution is 0.0954. The molecule has 0 spiro atoms. The minimum absolute atomic E-state index is 0.0191. The first-order valence-electron chi connectivity index (χ1n) is 3.82. The van der Waals surface area contributed by atoms with Gasteiger partial charge in [0.25, 0.3) is 5.91 Å². The van der Waals surface area contributed by atoms with Crippen molar-refractivity contribution in [2.24, 2.45) is 0 Å². The number of benzene rings is 1. The monoisotopic (exact) mass is 195 g/mol. The van der Waals surface area contributed by atoms with Gasteiger partial charge in [0.2, 0.25) is 0 Å². The summed E-state index contributed by atoms with van der Waals surface area (Å²) in [6.07, 6.45) is 4.89. The fourth-order valence-electron chi connectivity index (χ4n) is 0.898. The van der Waals surface area contributed by atoms with Gasteiger partial charge in [-0.15, -0.1) is 6.42 Å². The van der Waals surface area contributed by atoms with Crippen molar-refractivity contribution in [1.29, 1.82) is 0 Å². The van der Waals surface area contributed by atoms with Gasteiger partial charge in [-0.2, -0.15) is 0 Å². The second-order valence-electron chi connectivity index (χ2n) is 2.51. The van der Waals surface area contributed by atoms with Crippen molar-refractivity contribution in [2.75, 3.05) is 6.54 Å². The fraction of sp³-hybridized carbons (Fsp3) is 0.100. The maximum Gasteiger partial charge on any atom is 0.255 e. The van der Waals surface area contributed by atoms with Crippen molar-refractivity contribution in [3.8, 4) is 12.3 Å². The Bertz CT molecular complexity index is 396. The molecule has 0 atom stereocenters. The Morgan fingerprint density at radius 2 is 2.21 bits per heavy atom. The second-order valence-corrected chi connectivity index (χ2v) is 2.51. The largest absolute Gasteiger partial charge is 0.341 e. The van der Waals surface area contributed by atoms with Crippen LogP contribution in [0.2, 0.25) is 0 Å². The van der Waals surface area contributed by atoms with Gasteiger partial charge in [0.1, 0.15) is 11.6 Å². The van der Waals surface area contributed by atoms with Crippen LogP contribution < -0.4 is 5.32 Å². The molecule has 0 unspecified atom stereocenters. The summed E-state index contributed by atoms with van der Waals surface area (Å²) in [4.78, 5) is 11.2. The Labute approximate surface area is 79.9 Å². The van der Waals surface area contributed by atoms with E-state index in [1.165, 1.54) is 0 Å². The zero-order valence-corrected chi connectivity index (χ0v) is 7.18. The predicted molar refractivity (Wildman–Crippen MR) is 47.5 cm³/mol. The van der Waals surface area contributed by atoms with Crippen molar-refractivity contribution in [3.05, 3.63) is 35.4 Å². The van der Waals surface area contributed by atoms with Crippen LogP contribution in [0.3, 0.4) is 0 Å². The summed E-state index contributed by atoms with van der Waals surface area (Å²) in [5.74, 6) is -0.0141. The van der Waals surface area contributed by atoms with Crippen LogP contribution in [0, 0.1) is 24.0 Å². The Hall–Kier alpha value is -1.89. The van der Waals surface area contributed by atoms with Crippen LogP contribution in [0.1, 0.15) is 10.4 Å². The first kappa shape index (κ1) is 10.2. The van der Waals surface area contributed by atoms with Gasteiger partial charge in [-0.05, 0) is 18.2 Å². The van der Waals surface area contributed by atoms with Gasteiger partial charge >= 0.3 is 0 Å². The van der Waals surface area contributed by atoms with Crippen LogP contribution >= 0.6 is 0 Å². The standard InChI is InChI=1S/C10H7F2NO/c1-2-5-13-10(14)8-6-7(11)3-4-9(8)12/h1,3-4,6H,5H2,(H,13,14). The van der Waals surface area contributed by atoms with Crippen molar-refractivity contribution in [3.63, 3.8) is 0 Å². The third kappa shape index (κ3) is 2.30. The highest BCUT2D eigenvalue weighted by Gasteiger charge is 2.11. The summed E-state index contributed by atoms with van der Waals surface area (Å²) >= 11 is 0. The van der Waals surface area contributed by atoms with Crippen LogP contribution in [0.5, 0.6) is 0 Å². The Morgan fingerprint density at radius 3 is 2.86 bits per heavy atom. The van der Waals surface area contributed by atoms with Gasteiger partial charge in [-0.25, -0.2) is 8.78 Å². The highest BCUT2D eigenvalue weighted by molar-refractivity contribution is 5.94. The van der Waals surface area contributed by atoms with Gasteiger partial charge in [0.15, 0.2) is 0 Å². The summed E-state index contributed by atoms with van der Waals surface area (Å²) in [6, 6.07) is 2.65. The molecule has 14 heavy (non-hydrogen) atoms. The van der Waals surface area contributed by atoms with Gasteiger partial charge in [-0.1, -0.05) is 5.92 Å². The molecule has 0 aliphatic carbocycles. The van der Waals surface area contributed by atoms with Gasteiger partial charge < -0.3 is 5.32 Å². The number of hydrogen-bond acceptors (Lipinski definition) is 1. The molecule has 2 nitrogen and oxygen atoms in total. The van der Waals surface area contributed by atoms with E-state index in [0.717, 1.165) is 18.2 Å². The number of hydrogen-bond donors (Lipinski definition) is 1. The molecule has 0 saturated heterocycles. The highest BCUT2D eigenvalue weighted by atomic mass is 19.1. The smallest absolute Gasteiger partial charge is 0.255 e. The van der Waals surface area contributed by atoms with Crippen molar-refractivity contribution < 1.29 is 13.6 Å². The van der Waals surface area contributed by atoms with E-state index in [1.54, 1.807) is 0 Å². The molecular weight excluding hydrogens is 188 g/mol. The van der Waals surface area contributed by atoms with Crippen molar-refractivity contribution >= 4 is 5.91 Å². The molecule has 1 amide bonds. The zero-order chi connectivity index (χ0) is 10.6. The van der Waals surface area contributed by atoms with E-state index >= 15 is 0 Å². The van der Waals surface area contributed by atoms with Gasteiger partial charge in [-0.3, -0.25) is 4.79 Å². The molecule has 72 valence electrons. The van der Waals surface area contributed by atoms with E-state index in [0.29, 0.717) is 0 Å². The highest BCUT2D eigenvalue weighted by Crippen LogP contribution is 2.08. The normalized spacial score (nSPS) is 9.21. The zero-order valence-electron chi connectivity index (χ0n) is 7.18. The van der Waals surface area contributed by atoms with Crippen molar-refractivity contribution in [1.82, 2.24) is 5.32 Å². The Kier molecular flexibility index (Phi) is 3.19. The van der Waals surface area contributed by atoms with E-state index < -0.39 is 17.5 Å². The lowest BCUT2D eigenvalue weighted by atomic mass is 10.2. The molecule has 1 rings (SSSR count). The molecule has 1 aromatic rings. The molecule has 0 radical (unpaired) electrons. The molecule has 0 saturated carbocycles. The maximum atomic E-state index is 13.0. The summed E-state index contributed by atoms with van der Waals surface area (Å²) in [7, 11) is 0. The number of halogens is 2. The van der Waals surface area contributed by atoms with Crippen LogP contribution in [-0.4, -0.2) is 12.5 Å². The number of carbonyl (C=O) groups excluding carboxylic acids is 1. The lowest BCUT2D eigenvalue weighted by Gasteiger charge is -2.02. The number of terminal acetylenes is 1. The molecule has 4 heteroatoms. The van der Waals surface area contributed by atoms with E-state index in [9.17, 15) is 13.6 Å². The van der Waals surface area contributed by atoms with Gasteiger partial charge in [0, 0.05) is 0 Å². The summed E-state index contributed by atoms with van der Waals surface area (Å²) in [6.45, 7) is -0.0191. The molecule has 0 aliphatic rings. The molecule has 0 aliphatic heterocycles. The van der Waals surface area contributed by atoms with Crippen LogP contribution in [0.15, 0.2) is 18.2 Å². The topological polar surface area (TPSA) is 29.1 Å². The first-order valence-corrected chi connectivity index (χ1v) is 3.82. The summed E-state index contributed by atoms with van der Waals surface area (Å²) in [5.41, 5.74) is -0.347. The Balaban J connectivity index is 2.90. The SMILES string of the molecule is C#CCNC(=O)c1cc(F)ccc1F. The molecule has 0 heterocycles. The average Bonchev–Trinajstić information content (AvgIpc) is 2.18. The number of carbonyl (C=O) groups is 1. The number of amides is 1. The molecule has 0 fully saturated rings. The second kappa shape index (κ2) is 4.38. The van der Waals surface area contributed by atoms with Crippen LogP contribution in [-0.2, 0) is 0 Å². The predicted octanol–water partition coefficient (Wildman–Crippen LogP) is 1.33. The number of nitrogens with one attached hydrogen (secondary N) is 1. The maximum absolute atomic E-state index is 13.0. The first-order chi connectivity index (χ1) is 6.65. The van der Waals surface area contributed by atoms with Crippen molar-refractivity contribution in [2.45, 2.75) is 0 Å². The molecule has 1 aromatic carbocycles. The summed E-state index contributed by atoms with van der Waals surface area (Å²) < 4.78 is 25.6. The fourth-order valence-corrected chi connectivity index (χ4v) is 0.898. The van der Waals surface area contributed by atoms with E-state index in [2.05, 4.69) is 11.2 Å². The molecular formula is C10H7F2NO. The molecule has 0 bridgehead atoms. The third-order valence-electron chi connectivity index (χ3n) is 1.52. The number of rotatable bonds is 2. The van der Waals surface area contributed by atoms with E-state index in [4.69, 9.17) is 6.42 Å². The minimum atomic E-state index is -0.777. The van der Waals surface area contributed by atoms with Crippen LogP contribution in [0.25, 0.3) is 0 Å². The van der Waals surface area contributed by atoms with E-state index in [1.807, 2.05) is 0 Å². The van der Waals surface area contributed by atoms with E-state index in [-0.39, 0.29) is 12.1 Å². The molecule has 1 N–H and O–H groups in total. The Morgan fingerprint density at radius 1 is 1.50 bits per heavy atom. The lowest BCUT2D eigenvalue weighted by Crippen LogP contribution is -2.24. The van der Waals surface area contributed by atoms with Crippen LogP contribution in [0.4, 0.5) is 8.78 Å². The average molecular weight is 195 g/mol. The minimum Gasteiger partial charge on any atom is -0.341 e. The van der Waals surface area contributed by atoms with Gasteiger partial charge in [0.05, 0.1) is 12.1 Å². The quantitative estimate of drug-likeness (QED) is 0.708. The molecule has 0 aromatic heterocycles. The summed E-state index contributed by atoms with van der Waals surface area (Å²) in [5, 5.41) is 2.23. The third-order valence-corrected chi connectivity index (χ3v) is 1.52.